The van der Waals surface area contributed by atoms with Gasteiger partial charge in [0, 0.05) is 5.56 Å². The van der Waals surface area contributed by atoms with Gasteiger partial charge in [0.05, 0.1) is 11.1 Å². The Morgan fingerprint density at radius 1 is 0.960 bits per heavy atom. The molecule has 2 aromatic carbocycles. The van der Waals surface area contributed by atoms with E-state index in [4.69, 9.17) is 4.74 Å². The number of ketones is 1. The van der Waals surface area contributed by atoms with Crippen LogP contribution in [0.3, 0.4) is 0 Å². The number of hydrogen-bond donors (Lipinski definition) is 0. The normalized spacial score (nSPS) is 12.1. The number of halogens is 6. The van der Waals surface area contributed by atoms with Crippen LogP contribution >= 0.6 is 0 Å². The van der Waals surface area contributed by atoms with E-state index in [1.54, 1.807) is 0 Å². The van der Waals surface area contributed by atoms with E-state index in [9.17, 15) is 31.1 Å². The largest absolute Gasteiger partial charge is 0.489 e. The Balaban J connectivity index is 2.23. The van der Waals surface area contributed by atoms with Crippen molar-refractivity contribution in [1.82, 2.24) is 0 Å². The summed E-state index contributed by atoms with van der Waals surface area (Å²) in [4.78, 5) is 11.3. The summed E-state index contributed by atoms with van der Waals surface area (Å²) in [7, 11) is 0. The van der Waals surface area contributed by atoms with Crippen LogP contribution in [-0.4, -0.2) is 5.78 Å². The van der Waals surface area contributed by atoms with E-state index >= 15 is 0 Å². The standard InChI is InChI=1S/C17H12F6O2/c1-10(24)14-6-5-13(8-15(14)17(21,22)23)25-9-11-3-2-4-12(7-11)16(18,19)20/h2-8H,9H2,1H3. The summed E-state index contributed by atoms with van der Waals surface area (Å²) in [5, 5.41) is 0. The Morgan fingerprint density at radius 3 is 2.20 bits per heavy atom. The molecule has 0 heterocycles. The number of hydrogen-bond acceptors (Lipinski definition) is 2. The van der Waals surface area contributed by atoms with E-state index < -0.39 is 34.8 Å². The average Bonchev–Trinajstić information content (AvgIpc) is 2.51. The van der Waals surface area contributed by atoms with Gasteiger partial charge in [-0.2, -0.15) is 26.3 Å². The summed E-state index contributed by atoms with van der Waals surface area (Å²) in [5.74, 6) is -0.952. The SMILES string of the molecule is CC(=O)c1ccc(OCc2cccc(C(F)(F)F)c2)cc1C(F)(F)F. The van der Waals surface area contributed by atoms with Crippen LogP contribution in [0, 0.1) is 0 Å². The number of alkyl halides is 6. The highest BCUT2D eigenvalue weighted by Crippen LogP contribution is 2.35. The van der Waals surface area contributed by atoms with Crippen molar-refractivity contribution < 1.29 is 35.9 Å². The molecule has 0 fully saturated rings. The molecular weight excluding hydrogens is 350 g/mol. The topological polar surface area (TPSA) is 26.3 Å². The first-order valence-corrected chi connectivity index (χ1v) is 6.99. The van der Waals surface area contributed by atoms with Gasteiger partial charge < -0.3 is 4.74 Å². The quantitative estimate of drug-likeness (QED) is 0.530. The maximum absolute atomic E-state index is 13.0. The Labute approximate surface area is 139 Å². The van der Waals surface area contributed by atoms with Gasteiger partial charge in [-0.15, -0.1) is 0 Å². The molecule has 0 atom stereocenters. The summed E-state index contributed by atoms with van der Waals surface area (Å²) in [6.45, 7) is 0.661. The fraction of sp³-hybridized carbons (Fsp3) is 0.235. The number of benzene rings is 2. The number of Topliss-reactive ketones (excluding diaryl/α,β-unsaturated/α-hetero) is 1. The molecule has 8 heteroatoms. The lowest BCUT2D eigenvalue weighted by molar-refractivity contribution is -0.138. The Morgan fingerprint density at radius 2 is 1.64 bits per heavy atom. The molecule has 134 valence electrons. The van der Waals surface area contributed by atoms with Gasteiger partial charge in [0.25, 0.3) is 0 Å². The zero-order valence-corrected chi connectivity index (χ0v) is 12.8. The maximum Gasteiger partial charge on any atom is 0.417 e. The number of carbonyl (C=O) groups is 1. The van der Waals surface area contributed by atoms with Gasteiger partial charge in [-0.25, -0.2) is 0 Å². The van der Waals surface area contributed by atoms with Crippen LogP contribution < -0.4 is 4.74 Å². The van der Waals surface area contributed by atoms with E-state index in [-0.39, 0.29) is 17.9 Å². The van der Waals surface area contributed by atoms with E-state index in [0.29, 0.717) is 6.07 Å². The van der Waals surface area contributed by atoms with Crippen LogP contribution in [-0.2, 0) is 19.0 Å². The Kier molecular flexibility index (Phi) is 5.10. The van der Waals surface area contributed by atoms with Crippen LogP contribution in [0.4, 0.5) is 26.3 Å². The molecular formula is C17H12F6O2. The molecule has 0 amide bonds. The highest BCUT2D eigenvalue weighted by atomic mass is 19.4. The molecule has 2 rings (SSSR count). The summed E-state index contributed by atoms with van der Waals surface area (Å²) < 4.78 is 82.1. The maximum atomic E-state index is 13.0. The number of rotatable bonds is 4. The van der Waals surface area contributed by atoms with Gasteiger partial charge in [0.15, 0.2) is 5.78 Å². The molecule has 2 nitrogen and oxygen atoms in total. The van der Waals surface area contributed by atoms with Crippen molar-refractivity contribution >= 4 is 5.78 Å². The van der Waals surface area contributed by atoms with Gasteiger partial charge in [-0.05, 0) is 42.8 Å². The van der Waals surface area contributed by atoms with Crippen LogP contribution in [0.1, 0.15) is 34.0 Å². The molecule has 2 aromatic rings. The smallest absolute Gasteiger partial charge is 0.417 e. The lowest BCUT2D eigenvalue weighted by atomic mass is 10.0. The van der Waals surface area contributed by atoms with Gasteiger partial charge >= 0.3 is 12.4 Å². The predicted molar refractivity (Wildman–Crippen MR) is 77.2 cm³/mol. The summed E-state index contributed by atoms with van der Waals surface area (Å²) >= 11 is 0. The van der Waals surface area contributed by atoms with E-state index in [2.05, 4.69) is 0 Å². The van der Waals surface area contributed by atoms with Crippen molar-refractivity contribution in [3.8, 4) is 5.75 Å². The van der Waals surface area contributed by atoms with Gasteiger partial charge in [-0.3, -0.25) is 4.79 Å². The minimum absolute atomic E-state index is 0.152. The van der Waals surface area contributed by atoms with E-state index in [0.717, 1.165) is 25.1 Å². The van der Waals surface area contributed by atoms with Crippen LogP contribution in [0.25, 0.3) is 0 Å². The molecule has 0 bridgehead atoms. The van der Waals surface area contributed by atoms with Gasteiger partial charge in [0.2, 0.25) is 0 Å². The molecule has 0 spiro atoms. The lowest BCUT2D eigenvalue weighted by Crippen LogP contribution is -2.12. The molecule has 0 saturated carbocycles. The fourth-order valence-electron chi connectivity index (χ4n) is 2.16. The van der Waals surface area contributed by atoms with Crippen molar-refractivity contribution in [1.29, 1.82) is 0 Å². The van der Waals surface area contributed by atoms with Crippen LogP contribution in [0.2, 0.25) is 0 Å². The zero-order valence-electron chi connectivity index (χ0n) is 12.8. The molecule has 0 N–H and O–H groups in total. The monoisotopic (exact) mass is 362 g/mol. The Bertz CT molecular complexity index is 777. The highest BCUT2D eigenvalue weighted by Gasteiger charge is 2.35. The van der Waals surface area contributed by atoms with Crippen molar-refractivity contribution in [2.75, 3.05) is 0 Å². The third-order valence-electron chi connectivity index (χ3n) is 3.34. The van der Waals surface area contributed by atoms with Crippen molar-refractivity contribution in [2.24, 2.45) is 0 Å². The molecule has 0 aliphatic heterocycles. The van der Waals surface area contributed by atoms with E-state index in [1.165, 1.54) is 18.2 Å². The van der Waals surface area contributed by atoms with E-state index in [1.807, 2.05) is 0 Å². The molecule has 0 unspecified atom stereocenters. The highest BCUT2D eigenvalue weighted by molar-refractivity contribution is 5.95. The first-order valence-electron chi connectivity index (χ1n) is 6.99. The predicted octanol–water partition coefficient (Wildman–Crippen LogP) is 5.51. The molecule has 0 aliphatic rings. The second-order valence-corrected chi connectivity index (χ2v) is 5.25. The van der Waals surface area contributed by atoms with Gasteiger partial charge in [-0.1, -0.05) is 12.1 Å². The molecule has 0 aromatic heterocycles. The van der Waals surface area contributed by atoms with Crippen molar-refractivity contribution in [3.05, 3.63) is 64.7 Å². The van der Waals surface area contributed by atoms with Gasteiger partial charge in [0.1, 0.15) is 12.4 Å². The zero-order chi connectivity index (χ0) is 18.8. The average molecular weight is 362 g/mol. The van der Waals surface area contributed by atoms with Crippen LogP contribution in [0.5, 0.6) is 5.75 Å². The summed E-state index contributed by atoms with van der Waals surface area (Å²) in [6.07, 6.45) is -9.28. The molecule has 0 saturated heterocycles. The first kappa shape index (κ1) is 18.8. The first-order chi connectivity index (χ1) is 11.5. The van der Waals surface area contributed by atoms with Crippen LogP contribution in [0.15, 0.2) is 42.5 Å². The fourth-order valence-corrected chi connectivity index (χ4v) is 2.16. The Hall–Kier alpha value is -2.51. The number of ether oxygens (including phenoxy) is 1. The number of carbonyl (C=O) groups excluding carboxylic acids is 1. The second kappa shape index (κ2) is 6.78. The summed E-state index contributed by atoms with van der Waals surface area (Å²) in [6, 6.07) is 7.09. The minimum Gasteiger partial charge on any atom is -0.489 e. The summed E-state index contributed by atoms with van der Waals surface area (Å²) in [5.41, 5.74) is -2.38. The van der Waals surface area contributed by atoms with Crippen molar-refractivity contribution in [3.63, 3.8) is 0 Å². The molecule has 0 radical (unpaired) electrons. The van der Waals surface area contributed by atoms with Crippen molar-refractivity contribution in [2.45, 2.75) is 25.9 Å². The molecule has 0 aliphatic carbocycles. The molecule has 25 heavy (non-hydrogen) atoms. The lowest BCUT2D eigenvalue weighted by Gasteiger charge is -2.14. The third kappa shape index (κ3) is 4.74. The second-order valence-electron chi connectivity index (χ2n) is 5.25. The third-order valence-corrected chi connectivity index (χ3v) is 3.34. The minimum atomic E-state index is -4.75.